The highest BCUT2D eigenvalue weighted by Crippen LogP contribution is 2.42. The van der Waals surface area contributed by atoms with Crippen LogP contribution in [0.3, 0.4) is 0 Å². The highest BCUT2D eigenvalue weighted by molar-refractivity contribution is 7.52. The van der Waals surface area contributed by atoms with Crippen LogP contribution in [0.1, 0.15) is 31.7 Å². The third kappa shape index (κ3) is 9.24. The number of nitrogens with one attached hydrogen (secondary N) is 1. The van der Waals surface area contributed by atoms with Crippen molar-refractivity contribution in [1.82, 2.24) is 5.32 Å². The standard InChI is InChI=1S/C16H24NO7P/c1-2-24-25(21,22)11-7-6-10-14(15(18)19)17-16(20)23-12-13-8-4-3-5-9-13/h3-5,8-9,14H,2,6-7,10-12H2,1H3,(H,17,20)(H,18,19)(H,21,22)/t14-/m0/s1. The number of carbonyl (C=O) groups excluding carboxylic acids is 1. The lowest BCUT2D eigenvalue weighted by atomic mass is 10.1. The molecule has 0 radical (unpaired) electrons. The minimum absolute atomic E-state index is 0.0427. The number of ether oxygens (including phenoxy) is 1. The Labute approximate surface area is 146 Å². The Kier molecular flexibility index (Phi) is 9.20. The number of rotatable bonds is 11. The van der Waals surface area contributed by atoms with Gasteiger partial charge < -0.3 is 24.6 Å². The number of amides is 1. The zero-order valence-electron chi connectivity index (χ0n) is 14.1. The predicted molar refractivity (Wildman–Crippen MR) is 91.4 cm³/mol. The van der Waals surface area contributed by atoms with E-state index in [1.165, 1.54) is 0 Å². The molecule has 0 fully saturated rings. The van der Waals surface area contributed by atoms with Crippen molar-refractivity contribution in [3.05, 3.63) is 35.9 Å². The van der Waals surface area contributed by atoms with E-state index in [2.05, 4.69) is 5.32 Å². The lowest BCUT2D eigenvalue weighted by Gasteiger charge is -2.15. The molecule has 0 aliphatic heterocycles. The SMILES string of the molecule is CCOP(=O)(O)CCCC[C@H](NC(=O)OCc1ccccc1)C(=O)O. The van der Waals surface area contributed by atoms with E-state index in [4.69, 9.17) is 14.4 Å². The second kappa shape index (κ2) is 10.9. The van der Waals surface area contributed by atoms with Crippen LogP contribution in [0.4, 0.5) is 4.79 Å². The number of hydrogen-bond acceptors (Lipinski definition) is 5. The first kappa shape index (κ1) is 21.2. The van der Waals surface area contributed by atoms with E-state index in [0.29, 0.717) is 12.8 Å². The van der Waals surface area contributed by atoms with Gasteiger partial charge in [0.15, 0.2) is 0 Å². The topological polar surface area (TPSA) is 122 Å². The van der Waals surface area contributed by atoms with Gasteiger partial charge in [-0.2, -0.15) is 0 Å². The van der Waals surface area contributed by atoms with Gasteiger partial charge in [-0.1, -0.05) is 36.8 Å². The third-order valence-corrected chi connectivity index (χ3v) is 4.86. The van der Waals surface area contributed by atoms with Crippen molar-refractivity contribution in [3.8, 4) is 0 Å². The van der Waals surface area contributed by atoms with Crippen molar-refractivity contribution in [2.45, 2.75) is 38.8 Å². The molecular formula is C16H24NO7P. The van der Waals surface area contributed by atoms with Gasteiger partial charge in [0.25, 0.3) is 0 Å². The summed E-state index contributed by atoms with van der Waals surface area (Å²) in [5.41, 5.74) is 0.791. The van der Waals surface area contributed by atoms with Crippen molar-refractivity contribution >= 4 is 19.7 Å². The number of unbranched alkanes of at least 4 members (excludes halogenated alkanes) is 1. The van der Waals surface area contributed by atoms with Crippen molar-refractivity contribution in [3.63, 3.8) is 0 Å². The van der Waals surface area contributed by atoms with Crippen molar-refractivity contribution in [1.29, 1.82) is 0 Å². The summed E-state index contributed by atoms with van der Waals surface area (Å²) in [6.07, 6.45) is -0.0715. The van der Waals surface area contributed by atoms with Gasteiger partial charge in [-0.3, -0.25) is 4.57 Å². The molecule has 0 spiro atoms. The number of benzene rings is 1. The van der Waals surface area contributed by atoms with Gasteiger partial charge in [-0.15, -0.1) is 0 Å². The molecule has 3 N–H and O–H groups in total. The molecule has 0 heterocycles. The lowest BCUT2D eigenvalue weighted by Crippen LogP contribution is -2.41. The number of alkyl carbamates (subject to hydrolysis) is 1. The highest BCUT2D eigenvalue weighted by Gasteiger charge is 2.22. The molecule has 0 aliphatic rings. The van der Waals surface area contributed by atoms with Crippen LogP contribution in [0.15, 0.2) is 30.3 Å². The minimum atomic E-state index is -3.61. The van der Waals surface area contributed by atoms with Crippen LogP contribution in [0, 0.1) is 0 Å². The van der Waals surface area contributed by atoms with Gasteiger partial charge >= 0.3 is 19.7 Å². The fraction of sp³-hybridized carbons (Fsp3) is 0.500. The van der Waals surface area contributed by atoms with Gasteiger partial charge in [0.05, 0.1) is 6.61 Å². The summed E-state index contributed by atoms with van der Waals surface area (Å²) >= 11 is 0. The normalized spacial score (nSPS) is 14.3. The first-order valence-corrected chi connectivity index (χ1v) is 9.76. The summed E-state index contributed by atoms with van der Waals surface area (Å²) in [4.78, 5) is 32.4. The van der Waals surface area contributed by atoms with Gasteiger partial charge in [0.2, 0.25) is 0 Å². The maximum Gasteiger partial charge on any atom is 0.408 e. The van der Waals surface area contributed by atoms with E-state index in [9.17, 15) is 19.0 Å². The lowest BCUT2D eigenvalue weighted by molar-refractivity contribution is -0.139. The van der Waals surface area contributed by atoms with Gasteiger partial charge in [-0.05, 0) is 25.3 Å². The van der Waals surface area contributed by atoms with E-state index in [1.54, 1.807) is 31.2 Å². The summed E-state index contributed by atoms with van der Waals surface area (Å²) < 4.78 is 21.2. The summed E-state index contributed by atoms with van der Waals surface area (Å²) in [6, 6.07) is 7.90. The average Bonchev–Trinajstić information content (AvgIpc) is 2.56. The number of carboxylic acids is 1. The predicted octanol–water partition coefficient (Wildman–Crippen LogP) is 2.76. The molecule has 0 aliphatic carbocycles. The zero-order valence-corrected chi connectivity index (χ0v) is 15.0. The van der Waals surface area contributed by atoms with Crippen LogP contribution < -0.4 is 5.32 Å². The Morgan fingerprint density at radius 3 is 2.52 bits per heavy atom. The first-order chi connectivity index (χ1) is 11.8. The number of hydrogen-bond donors (Lipinski definition) is 3. The third-order valence-electron chi connectivity index (χ3n) is 3.32. The maximum atomic E-state index is 11.7. The largest absolute Gasteiger partial charge is 0.480 e. The number of carbonyl (C=O) groups is 2. The molecule has 8 nitrogen and oxygen atoms in total. The molecule has 1 aromatic rings. The second-order valence-electron chi connectivity index (χ2n) is 5.37. The Balaban J connectivity index is 2.34. The molecule has 2 atom stereocenters. The van der Waals surface area contributed by atoms with Crippen LogP contribution in [-0.4, -0.2) is 40.9 Å². The number of carboxylic acid groups (broad SMARTS) is 1. The van der Waals surface area contributed by atoms with E-state index >= 15 is 0 Å². The van der Waals surface area contributed by atoms with E-state index in [0.717, 1.165) is 5.56 Å². The molecule has 1 rings (SSSR count). The summed E-state index contributed by atoms with van der Waals surface area (Å²) in [5, 5.41) is 11.4. The molecule has 25 heavy (non-hydrogen) atoms. The molecule has 1 amide bonds. The second-order valence-corrected chi connectivity index (χ2v) is 7.35. The molecule has 0 bridgehead atoms. The van der Waals surface area contributed by atoms with Crippen molar-refractivity contribution < 1.29 is 33.4 Å². The summed E-state index contributed by atoms with van der Waals surface area (Å²) in [7, 11) is -3.61. The fourth-order valence-corrected chi connectivity index (χ4v) is 3.25. The van der Waals surface area contributed by atoms with E-state index in [1.807, 2.05) is 6.07 Å². The molecule has 0 saturated carbocycles. The van der Waals surface area contributed by atoms with Crippen LogP contribution in [0.25, 0.3) is 0 Å². The molecule has 0 saturated heterocycles. The smallest absolute Gasteiger partial charge is 0.408 e. The molecule has 9 heteroatoms. The molecular weight excluding hydrogens is 349 g/mol. The highest BCUT2D eigenvalue weighted by atomic mass is 31.2. The van der Waals surface area contributed by atoms with Crippen LogP contribution >= 0.6 is 7.60 Å². The monoisotopic (exact) mass is 373 g/mol. The van der Waals surface area contributed by atoms with Crippen LogP contribution in [0.5, 0.6) is 0 Å². The quantitative estimate of drug-likeness (QED) is 0.403. The minimum Gasteiger partial charge on any atom is -0.480 e. The van der Waals surface area contributed by atoms with E-state index < -0.39 is 25.7 Å². The molecule has 1 unspecified atom stereocenters. The zero-order chi connectivity index (χ0) is 18.7. The Hall–Kier alpha value is -1.89. The van der Waals surface area contributed by atoms with Crippen LogP contribution in [0.2, 0.25) is 0 Å². The molecule has 0 aromatic heterocycles. The van der Waals surface area contributed by atoms with Crippen molar-refractivity contribution in [2.24, 2.45) is 0 Å². The Morgan fingerprint density at radius 1 is 1.24 bits per heavy atom. The van der Waals surface area contributed by atoms with E-state index in [-0.39, 0.29) is 25.8 Å². The van der Waals surface area contributed by atoms with Gasteiger partial charge in [0, 0.05) is 6.16 Å². The number of aliphatic carboxylic acids is 1. The van der Waals surface area contributed by atoms with Gasteiger partial charge in [-0.25, -0.2) is 9.59 Å². The first-order valence-electron chi connectivity index (χ1n) is 8.00. The average molecular weight is 373 g/mol. The van der Waals surface area contributed by atoms with Gasteiger partial charge in [0.1, 0.15) is 12.6 Å². The summed E-state index contributed by atoms with van der Waals surface area (Å²) in [6.45, 7) is 1.80. The maximum absolute atomic E-state index is 11.7. The Bertz CT molecular complexity index is 593. The Morgan fingerprint density at radius 2 is 1.92 bits per heavy atom. The van der Waals surface area contributed by atoms with Crippen LogP contribution in [-0.2, 0) is 25.2 Å². The molecule has 140 valence electrons. The molecule has 1 aromatic carbocycles. The van der Waals surface area contributed by atoms with Crippen molar-refractivity contribution in [2.75, 3.05) is 12.8 Å². The fourth-order valence-electron chi connectivity index (χ4n) is 2.09. The summed E-state index contributed by atoms with van der Waals surface area (Å²) in [5.74, 6) is -1.19.